The van der Waals surface area contributed by atoms with Crippen LogP contribution >= 0.6 is 34.5 Å². The molecule has 0 spiro atoms. The molecule has 124 valence electrons. The Kier molecular flexibility index (Phi) is 11.0. The summed E-state index contributed by atoms with van der Waals surface area (Å²) in [4.78, 5) is 0. The third-order valence-electron chi connectivity index (χ3n) is 2.22. The minimum absolute atomic E-state index is 0.250. The fourth-order valence-electron chi connectivity index (χ4n) is 1.35. The van der Waals surface area contributed by atoms with Crippen molar-refractivity contribution in [3.05, 3.63) is 46.1 Å². The molecule has 0 saturated carbocycles. The molecule has 1 N–H and O–H groups in total. The Hall–Kier alpha value is 0.781. The molecule has 0 unspecified atom stereocenters. The van der Waals surface area contributed by atoms with Crippen LogP contribution in [0.1, 0.15) is 26.3 Å². The quantitative estimate of drug-likeness (QED) is 0.287. The van der Waals surface area contributed by atoms with Gasteiger partial charge in [0, 0.05) is 0 Å². The number of hydrogen-bond acceptors (Lipinski definition) is 0. The third kappa shape index (κ3) is 11.3. The van der Waals surface area contributed by atoms with Crippen LogP contribution in [0, 0.1) is 6.92 Å². The smallest absolute Gasteiger partial charge is 0.0262 e. The van der Waals surface area contributed by atoms with Gasteiger partial charge < -0.3 is 5.73 Å². The number of fused-ring (bicyclic) bond motifs is 1. The summed E-state index contributed by atoms with van der Waals surface area (Å²) < 4.78 is 1.18. The Balaban J connectivity index is 0.000000344. The van der Waals surface area contributed by atoms with E-state index >= 15 is 0 Å². The maximum atomic E-state index is 6.94. The number of benzene rings is 1. The maximum Gasteiger partial charge on any atom is -0.0262 e. The van der Waals surface area contributed by atoms with Gasteiger partial charge in [0.25, 0.3) is 0 Å². The third-order valence-corrected chi connectivity index (χ3v) is 16.6. The average Bonchev–Trinajstić information content (AvgIpc) is 2.69. The molecule has 2 rings (SSSR count). The second-order valence-electron chi connectivity index (χ2n) is 6.29. The van der Waals surface area contributed by atoms with E-state index in [-0.39, 0.29) is 11.7 Å². The van der Waals surface area contributed by atoms with Crippen LogP contribution in [0.3, 0.4) is 0 Å². The molecular weight excluding hydrogens is 433 g/mol. The molecule has 0 atom stereocenters. The number of halogens is 3. The van der Waals surface area contributed by atoms with Crippen molar-refractivity contribution in [2.75, 3.05) is 0 Å². The predicted molar refractivity (Wildman–Crippen MR) is 105 cm³/mol. The normalized spacial score (nSPS) is 10.3. The average molecular weight is 457 g/mol. The number of rotatable bonds is 0. The molecule has 0 aliphatic carbocycles. The van der Waals surface area contributed by atoms with Crippen LogP contribution in [-0.4, -0.2) is 11.7 Å². The number of aryl methyl sites for hydroxylation is 1. The fourth-order valence-corrected chi connectivity index (χ4v) is 1.84. The zero-order chi connectivity index (χ0) is 17.5. The molecule has 0 fully saturated rings. The SMILES string of the molecule is CC(C)(C)[NH-].C[Si](C)=[Ti]([Cl])[Cl].Cc1cc2c(Br)cccc2[cH-]1. The van der Waals surface area contributed by atoms with Crippen molar-refractivity contribution in [3.63, 3.8) is 0 Å². The molecule has 0 aliphatic heterocycles. The molecule has 0 radical (unpaired) electrons. The Morgan fingerprint density at radius 2 is 1.68 bits per heavy atom. The van der Waals surface area contributed by atoms with Crippen molar-refractivity contribution in [2.24, 2.45) is 0 Å². The van der Waals surface area contributed by atoms with E-state index in [9.17, 15) is 0 Å². The zero-order valence-electron chi connectivity index (χ0n) is 14.0. The summed E-state index contributed by atoms with van der Waals surface area (Å²) in [6, 6.07) is 10.7. The first-order valence-electron chi connectivity index (χ1n) is 6.97. The summed E-state index contributed by atoms with van der Waals surface area (Å²) in [5.74, 6) is 0. The van der Waals surface area contributed by atoms with Crippen LogP contribution in [-0.2, 0) is 14.5 Å². The molecule has 0 saturated heterocycles. The molecule has 1 nitrogen and oxygen atoms in total. The predicted octanol–water partition coefficient (Wildman–Crippen LogP) is 7.63. The summed E-state index contributed by atoms with van der Waals surface area (Å²) in [5.41, 5.74) is 8.01. The minimum Gasteiger partial charge on any atom is -0.164 e. The number of hydrogen-bond donors (Lipinski definition) is 0. The van der Waals surface area contributed by atoms with E-state index in [2.05, 4.69) is 66.3 Å². The molecule has 0 aliphatic rings. The first-order chi connectivity index (χ1) is 9.91. The van der Waals surface area contributed by atoms with E-state index in [1.165, 1.54) is 20.8 Å². The van der Waals surface area contributed by atoms with Crippen LogP contribution < -0.4 is 0 Å². The number of nitrogens with one attached hydrogen (secondary N) is 1. The Labute approximate surface area is 157 Å². The van der Waals surface area contributed by atoms with E-state index in [0.29, 0.717) is 0 Å². The van der Waals surface area contributed by atoms with Crippen LogP contribution in [0.5, 0.6) is 0 Å². The van der Waals surface area contributed by atoms with Gasteiger partial charge in [-0.1, -0.05) is 49.7 Å². The van der Waals surface area contributed by atoms with Gasteiger partial charge in [0.05, 0.1) is 0 Å². The second-order valence-corrected chi connectivity index (χ2v) is 23.2. The molecule has 0 aromatic heterocycles. The topological polar surface area (TPSA) is 23.8 Å². The van der Waals surface area contributed by atoms with Gasteiger partial charge in [0.1, 0.15) is 0 Å². The van der Waals surface area contributed by atoms with Crippen molar-refractivity contribution in [2.45, 2.75) is 46.3 Å². The van der Waals surface area contributed by atoms with Gasteiger partial charge >= 0.3 is 52.4 Å². The molecule has 0 amide bonds. The van der Waals surface area contributed by atoms with Crippen LogP contribution in [0.15, 0.2) is 34.8 Å². The van der Waals surface area contributed by atoms with Crippen molar-refractivity contribution in [3.8, 4) is 0 Å². The van der Waals surface area contributed by atoms with E-state index in [4.69, 9.17) is 24.3 Å². The summed E-state index contributed by atoms with van der Waals surface area (Å²) >= 11 is 2.09. The second kappa shape index (κ2) is 10.6. The molecule has 6 heteroatoms. The molecule has 2 aromatic carbocycles. The van der Waals surface area contributed by atoms with E-state index in [1.54, 1.807) is 0 Å². The summed E-state index contributed by atoms with van der Waals surface area (Å²) in [6.07, 6.45) is -0.254. The van der Waals surface area contributed by atoms with Crippen LogP contribution in [0.2, 0.25) is 13.1 Å². The van der Waals surface area contributed by atoms with Crippen molar-refractivity contribution in [1.29, 1.82) is 0 Å². The van der Waals surface area contributed by atoms with E-state index in [0.717, 1.165) is 0 Å². The Bertz CT molecular complexity index is 609. The summed E-state index contributed by atoms with van der Waals surface area (Å²) in [5, 5.41) is 2.63. The van der Waals surface area contributed by atoms with Gasteiger partial charge in [0.15, 0.2) is 0 Å². The first kappa shape index (κ1) is 22.8. The minimum atomic E-state index is -1.42. The monoisotopic (exact) mass is 455 g/mol. The largest absolute Gasteiger partial charge is 0.164 e. The van der Waals surface area contributed by atoms with Crippen molar-refractivity contribution in [1.82, 2.24) is 0 Å². The standard InChI is InChI=1S/C10H8Br.C4H10N.C2H6Si.2ClH.Ti/c1-7-5-8-3-2-4-10(11)9(8)6-7;1-4(2,3)5;1-3-2;;;/h2-6H,1H3;5H,1-3H3;1-2H3;2*1H;/q2*-1;;;;+2/p-2. The molecule has 0 heterocycles. The Morgan fingerprint density at radius 3 is 2.05 bits per heavy atom. The van der Waals surface area contributed by atoms with Crippen molar-refractivity contribution >= 4 is 51.5 Å². The summed E-state index contributed by atoms with van der Waals surface area (Å²) in [6.45, 7) is 12.0. The van der Waals surface area contributed by atoms with Gasteiger partial charge in [-0.2, -0.15) is 6.07 Å². The van der Waals surface area contributed by atoms with Crippen LogP contribution in [0.4, 0.5) is 0 Å². The summed E-state index contributed by atoms with van der Waals surface area (Å²) in [7, 11) is 11.2. The molecule has 2 aromatic rings. The Morgan fingerprint density at radius 1 is 1.23 bits per heavy atom. The van der Waals surface area contributed by atoms with Gasteiger partial charge in [-0.05, 0) is 4.47 Å². The first-order valence-corrected chi connectivity index (χ1v) is 16.9. The zero-order valence-corrected chi connectivity index (χ0v) is 19.7. The molecular formula is C16H24BrCl2NSiTi-2. The molecule has 0 bridgehead atoms. The fraction of sp³-hybridized carbons (Fsp3) is 0.438. The van der Waals surface area contributed by atoms with E-state index in [1.807, 2.05) is 20.8 Å². The van der Waals surface area contributed by atoms with Crippen molar-refractivity contribution < 1.29 is 14.5 Å². The van der Waals surface area contributed by atoms with Gasteiger partial charge in [-0.3, -0.25) is 0 Å². The van der Waals surface area contributed by atoms with E-state index < -0.39 is 14.5 Å². The molecule has 22 heavy (non-hydrogen) atoms. The van der Waals surface area contributed by atoms with Gasteiger partial charge in [-0.25, -0.2) is 0 Å². The maximum absolute atomic E-state index is 6.94. The van der Waals surface area contributed by atoms with Crippen LogP contribution in [0.25, 0.3) is 16.5 Å². The van der Waals surface area contributed by atoms with Gasteiger partial charge in [0.2, 0.25) is 0 Å². The van der Waals surface area contributed by atoms with Gasteiger partial charge in [-0.15, -0.1) is 40.1 Å².